The molecule has 4 nitrogen and oxygen atoms in total. The van der Waals surface area contributed by atoms with Gasteiger partial charge in [-0.05, 0) is 19.5 Å². The molecule has 2 fully saturated rings. The van der Waals surface area contributed by atoms with Crippen LogP contribution in [0.15, 0.2) is 0 Å². The molecule has 0 radical (unpaired) electrons. The predicted molar refractivity (Wildman–Crippen MR) is 63.2 cm³/mol. The maximum atomic E-state index is 3.52. The standard InChI is InChI=1S/C11H24N4/c1-2-12-3-8-15-9-5-13-4-7-14(6-1)10-11-15/h12-13H,1-11H2. The van der Waals surface area contributed by atoms with E-state index in [1.807, 2.05) is 0 Å². The molecule has 88 valence electrons. The zero-order chi connectivity index (χ0) is 10.3. The summed E-state index contributed by atoms with van der Waals surface area (Å²) in [5, 5.41) is 7.04. The van der Waals surface area contributed by atoms with Gasteiger partial charge >= 0.3 is 0 Å². The van der Waals surface area contributed by atoms with Gasteiger partial charge in [-0.15, -0.1) is 0 Å². The lowest BCUT2D eigenvalue weighted by Gasteiger charge is -2.27. The highest BCUT2D eigenvalue weighted by Crippen LogP contribution is 1.97. The van der Waals surface area contributed by atoms with Crippen molar-refractivity contribution < 1.29 is 0 Å². The fourth-order valence-corrected chi connectivity index (χ4v) is 2.34. The average molecular weight is 212 g/mol. The Kier molecular flexibility index (Phi) is 4.86. The van der Waals surface area contributed by atoms with Crippen LogP contribution < -0.4 is 10.6 Å². The fraction of sp³-hybridized carbons (Fsp3) is 1.00. The van der Waals surface area contributed by atoms with Crippen LogP contribution in [0.5, 0.6) is 0 Å². The molecule has 2 aliphatic rings. The van der Waals surface area contributed by atoms with Gasteiger partial charge in [-0.1, -0.05) is 0 Å². The minimum Gasteiger partial charge on any atom is -0.315 e. The van der Waals surface area contributed by atoms with E-state index in [-0.39, 0.29) is 0 Å². The second-order valence-electron chi connectivity index (χ2n) is 4.54. The van der Waals surface area contributed by atoms with Crippen molar-refractivity contribution in [1.29, 1.82) is 0 Å². The molecule has 0 aliphatic carbocycles. The second-order valence-corrected chi connectivity index (χ2v) is 4.54. The first kappa shape index (κ1) is 11.3. The summed E-state index contributed by atoms with van der Waals surface area (Å²) in [6, 6.07) is 0. The monoisotopic (exact) mass is 212 g/mol. The quantitative estimate of drug-likeness (QED) is 0.550. The van der Waals surface area contributed by atoms with Gasteiger partial charge in [-0.25, -0.2) is 0 Å². The lowest BCUT2D eigenvalue weighted by atomic mass is 10.3. The molecule has 2 atom stereocenters. The first-order valence-corrected chi connectivity index (χ1v) is 6.31. The van der Waals surface area contributed by atoms with Gasteiger partial charge in [-0.3, -0.25) is 4.90 Å². The van der Waals surface area contributed by atoms with Gasteiger partial charge in [0.25, 0.3) is 0 Å². The van der Waals surface area contributed by atoms with Crippen LogP contribution in [0.2, 0.25) is 0 Å². The molecule has 4 heteroatoms. The molecule has 0 amide bonds. The van der Waals surface area contributed by atoms with E-state index in [0.717, 1.165) is 19.6 Å². The molecule has 2 saturated heterocycles. The molecule has 2 bridgehead atoms. The molecular weight excluding hydrogens is 188 g/mol. The third-order valence-electron chi connectivity index (χ3n) is 3.37. The molecular formula is C11H24N4. The van der Waals surface area contributed by atoms with E-state index < -0.39 is 0 Å². The normalized spacial score (nSPS) is 35.2. The Morgan fingerprint density at radius 3 is 1.73 bits per heavy atom. The molecule has 0 saturated carbocycles. The van der Waals surface area contributed by atoms with E-state index in [2.05, 4.69) is 20.4 Å². The third-order valence-corrected chi connectivity index (χ3v) is 3.37. The van der Waals surface area contributed by atoms with E-state index >= 15 is 0 Å². The highest BCUT2D eigenvalue weighted by molar-refractivity contribution is 4.71. The highest BCUT2D eigenvalue weighted by atomic mass is 15.2. The molecule has 2 rings (SSSR count). The van der Waals surface area contributed by atoms with Crippen molar-refractivity contribution in [2.75, 3.05) is 65.4 Å². The van der Waals surface area contributed by atoms with E-state index in [1.165, 1.54) is 52.2 Å². The summed E-state index contributed by atoms with van der Waals surface area (Å²) in [6.07, 6.45) is 1.29. The van der Waals surface area contributed by atoms with Crippen LogP contribution in [0.1, 0.15) is 6.42 Å². The summed E-state index contributed by atoms with van der Waals surface area (Å²) in [5.74, 6) is 0. The van der Waals surface area contributed by atoms with Crippen molar-refractivity contribution in [3.05, 3.63) is 0 Å². The Morgan fingerprint density at radius 2 is 1.07 bits per heavy atom. The Bertz CT molecular complexity index is 156. The van der Waals surface area contributed by atoms with E-state index in [9.17, 15) is 0 Å². The van der Waals surface area contributed by atoms with Crippen LogP contribution >= 0.6 is 0 Å². The molecule has 2 heterocycles. The number of fused-ring (bicyclic) bond motifs is 3. The molecule has 15 heavy (non-hydrogen) atoms. The lowest BCUT2D eigenvalue weighted by molar-refractivity contribution is 0.208. The molecule has 0 spiro atoms. The van der Waals surface area contributed by atoms with Crippen LogP contribution in [-0.4, -0.2) is 75.2 Å². The number of nitrogens with zero attached hydrogens (tertiary/aromatic N) is 2. The van der Waals surface area contributed by atoms with Crippen molar-refractivity contribution in [3.63, 3.8) is 0 Å². The zero-order valence-electron chi connectivity index (χ0n) is 9.67. The maximum absolute atomic E-state index is 3.52. The first-order chi connectivity index (χ1) is 7.45. The average Bonchev–Trinajstić information content (AvgIpc) is 2.38. The summed E-state index contributed by atoms with van der Waals surface area (Å²) >= 11 is 0. The Labute approximate surface area is 93.0 Å². The predicted octanol–water partition coefficient (Wildman–Crippen LogP) is -0.813. The molecule has 2 unspecified atom stereocenters. The lowest BCUT2D eigenvalue weighted by Crippen LogP contribution is -2.41. The minimum atomic E-state index is 1.15. The number of hydrogen-bond acceptors (Lipinski definition) is 4. The summed E-state index contributed by atoms with van der Waals surface area (Å²) in [4.78, 5) is 5.17. The summed E-state index contributed by atoms with van der Waals surface area (Å²) in [5.41, 5.74) is 0. The van der Waals surface area contributed by atoms with Gasteiger partial charge in [0.05, 0.1) is 0 Å². The van der Waals surface area contributed by atoms with Crippen molar-refractivity contribution in [1.82, 2.24) is 20.4 Å². The van der Waals surface area contributed by atoms with Gasteiger partial charge in [0.15, 0.2) is 0 Å². The van der Waals surface area contributed by atoms with Crippen molar-refractivity contribution in [3.8, 4) is 0 Å². The Balaban J connectivity index is 1.90. The van der Waals surface area contributed by atoms with Gasteiger partial charge in [0.1, 0.15) is 0 Å². The number of rotatable bonds is 0. The van der Waals surface area contributed by atoms with Crippen LogP contribution in [0, 0.1) is 0 Å². The largest absolute Gasteiger partial charge is 0.315 e. The molecule has 2 aliphatic heterocycles. The SMILES string of the molecule is C1CNCCN2CCNCCN(C1)CC2. The molecule has 0 aromatic rings. The van der Waals surface area contributed by atoms with E-state index in [1.54, 1.807) is 0 Å². The summed E-state index contributed by atoms with van der Waals surface area (Å²) in [7, 11) is 0. The molecule has 2 N–H and O–H groups in total. The van der Waals surface area contributed by atoms with Gasteiger partial charge in [0.2, 0.25) is 0 Å². The maximum Gasteiger partial charge on any atom is 0.0110 e. The minimum absolute atomic E-state index is 1.15. The van der Waals surface area contributed by atoms with Crippen molar-refractivity contribution in [2.45, 2.75) is 6.42 Å². The van der Waals surface area contributed by atoms with Crippen LogP contribution in [0.3, 0.4) is 0 Å². The molecule has 0 aromatic carbocycles. The summed E-state index contributed by atoms with van der Waals surface area (Å²) < 4.78 is 0. The Hall–Kier alpha value is -0.160. The number of nitrogens with one attached hydrogen (secondary N) is 2. The Morgan fingerprint density at radius 1 is 0.533 bits per heavy atom. The second kappa shape index (κ2) is 6.43. The van der Waals surface area contributed by atoms with Gasteiger partial charge in [0, 0.05) is 52.4 Å². The third kappa shape index (κ3) is 4.07. The zero-order valence-corrected chi connectivity index (χ0v) is 9.67. The van der Waals surface area contributed by atoms with E-state index in [4.69, 9.17) is 0 Å². The van der Waals surface area contributed by atoms with Crippen LogP contribution in [-0.2, 0) is 0 Å². The topological polar surface area (TPSA) is 30.5 Å². The van der Waals surface area contributed by atoms with Crippen molar-refractivity contribution in [2.24, 2.45) is 0 Å². The van der Waals surface area contributed by atoms with Gasteiger partial charge in [-0.2, -0.15) is 0 Å². The van der Waals surface area contributed by atoms with Crippen molar-refractivity contribution >= 4 is 0 Å². The van der Waals surface area contributed by atoms with Gasteiger partial charge < -0.3 is 15.5 Å². The summed E-state index contributed by atoms with van der Waals surface area (Å²) in [6.45, 7) is 12.0. The number of hydrogen-bond donors (Lipinski definition) is 2. The first-order valence-electron chi connectivity index (χ1n) is 6.31. The fourth-order valence-electron chi connectivity index (χ4n) is 2.34. The van der Waals surface area contributed by atoms with Crippen LogP contribution in [0.25, 0.3) is 0 Å². The van der Waals surface area contributed by atoms with E-state index in [0.29, 0.717) is 0 Å². The highest BCUT2D eigenvalue weighted by Gasteiger charge is 2.12. The molecule has 0 aromatic heterocycles. The van der Waals surface area contributed by atoms with Crippen LogP contribution in [0.4, 0.5) is 0 Å². The smallest absolute Gasteiger partial charge is 0.0110 e.